The van der Waals surface area contributed by atoms with E-state index in [0.717, 1.165) is 128 Å². The molecule has 6 nitrogen and oxygen atoms in total. The Kier molecular flexibility index (Phi) is 47.1. The highest BCUT2D eigenvalue weighted by atomic mass is 16.6. The fraction of sp³-hybridized carbons (Fsp3) is 0.596. The van der Waals surface area contributed by atoms with Gasteiger partial charge in [0.1, 0.15) is 13.2 Å². The first-order valence-electron chi connectivity index (χ1n) is 25.1. The molecule has 6 heteroatoms. The van der Waals surface area contributed by atoms with E-state index in [4.69, 9.17) is 14.2 Å². The minimum atomic E-state index is -0.809. The molecule has 0 saturated carbocycles. The number of esters is 3. The monoisotopic (exact) mass is 871 g/mol. The molecule has 354 valence electrons. The van der Waals surface area contributed by atoms with Gasteiger partial charge in [-0.3, -0.25) is 14.4 Å². The van der Waals surface area contributed by atoms with Crippen molar-refractivity contribution in [3.05, 3.63) is 122 Å². The predicted molar refractivity (Wildman–Crippen MR) is 269 cm³/mol. The van der Waals surface area contributed by atoms with Gasteiger partial charge in [0.25, 0.3) is 0 Å². The van der Waals surface area contributed by atoms with Crippen LogP contribution in [0.4, 0.5) is 0 Å². The van der Waals surface area contributed by atoms with E-state index in [1.165, 1.54) is 32.1 Å². The third-order valence-corrected chi connectivity index (χ3v) is 10.1. The smallest absolute Gasteiger partial charge is 0.306 e. The van der Waals surface area contributed by atoms with Crippen LogP contribution in [0.15, 0.2) is 122 Å². The van der Waals surface area contributed by atoms with Crippen LogP contribution in [-0.2, 0) is 28.6 Å². The minimum absolute atomic E-state index is 0.109. The quantitative estimate of drug-likeness (QED) is 0.0200. The van der Waals surface area contributed by atoms with Crippen LogP contribution in [0.2, 0.25) is 0 Å². The molecule has 0 aromatic rings. The van der Waals surface area contributed by atoms with Gasteiger partial charge in [0.05, 0.1) is 0 Å². The maximum absolute atomic E-state index is 12.8. The highest BCUT2D eigenvalue weighted by Gasteiger charge is 2.19. The fourth-order valence-electron chi connectivity index (χ4n) is 6.29. The molecule has 0 fully saturated rings. The van der Waals surface area contributed by atoms with Gasteiger partial charge in [-0.05, 0) is 89.9 Å². The average molecular weight is 871 g/mol. The largest absolute Gasteiger partial charge is 0.462 e. The lowest BCUT2D eigenvalue weighted by molar-refractivity contribution is -0.167. The molecule has 0 bridgehead atoms. The molecule has 0 aliphatic carbocycles. The zero-order valence-electron chi connectivity index (χ0n) is 40.3. The maximum Gasteiger partial charge on any atom is 0.306 e. The third kappa shape index (κ3) is 48.7. The van der Waals surface area contributed by atoms with Crippen LogP contribution < -0.4 is 0 Å². The van der Waals surface area contributed by atoms with Crippen molar-refractivity contribution in [1.82, 2.24) is 0 Å². The predicted octanol–water partition coefficient (Wildman–Crippen LogP) is 16.5. The number of hydrogen-bond donors (Lipinski definition) is 0. The second-order valence-electron chi connectivity index (χ2n) is 16.1. The Labute approximate surface area is 386 Å². The average Bonchev–Trinajstić information content (AvgIpc) is 3.28. The molecule has 0 rings (SSSR count). The summed E-state index contributed by atoms with van der Waals surface area (Å²) >= 11 is 0. The van der Waals surface area contributed by atoms with E-state index in [0.29, 0.717) is 19.3 Å². The molecule has 0 N–H and O–H groups in total. The summed E-state index contributed by atoms with van der Waals surface area (Å²) < 4.78 is 16.7. The summed E-state index contributed by atoms with van der Waals surface area (Å²) in [5, 5.41) is 0. The molecule has 1 atom stereocenters. The molecule has 63 heavy (non-hydrogen) atoms. The number of carbonyl (C=O) groups is 3. The summed E-state index contributed by atoms with van der Waals surface area (Å²) in [4.78, 5) is 37.9. The van der Waals surface area contributed by atoms with Gasteiger partial charge in [0, 0.05) is 19.3 Å². The number of ether oxygens (including phenoxy) is 3. The van der Waals surface area contributed by atoms with E-state index in [2.05, 4.69) is 106 Å². The summed E-state index contributed by atoms with van der Waals surface area (Å²) in [6, 6.07) is 0. The Balaban J connectivity index is 4.50. The molecule has 0 heterocycles. The van der Waals surface area contributed by atoms with E-state index < -0.39 is 6.10 Å². The normalized spacial score (nSPS) is 13.1. The molecule has 0 aliphatic heterocycles. The Morgan fingerprint density at radius 3 is 1.21 bits per heavy atom. The van der Waals surface area contributed by atoms with Crippen LogP contribution in [0.3, 0.4) is 0 Å². The zero-order chi connectivity index (χ0) is 45.8. The molecule has 0 aromatic carbocycles. The lowest BCUT2D eigenvalue weighted by Gasteiger charge is -2.18. The van der Waals surface area contributed by atoms with E-state index in [1.54, 1.807) is 0 Å². The summed E-state index contributed by atoms with van der Waals surface area (Å²) in [6.07, 6.45) is 68.9. The van der Waals surface area contributed by atoms with Crippen molar-refractivity contribution in [2.45, 2.75) is 207 Å². The highest BCUT2D eigenvalue weighted by Crippen LogP contribution is 2.13. The molecule has 0 saturated heterocycles. The number of allylic oxidation sites excluding steroid dienone is 20. The second kappa shape index (κ2) is 50.5. The number of unbranched alkanes of at least 4 members (excludes halogenated alkanes) is 17. The number of hydrogen-bond acceptors (Lipinski definition) is 6. The fourth-order valence-corrected chi connectivity index (χ4v) is 6.29. The van der Waals surface area contributed by atoms with Gasteiger partial charge in [-0.25, -0.2) is 0 Å². The summed E-state index contributed by atoms with van der Waals surface area (Å²) in [5.74, 6) is -0.983. The van der Waals surface area contributed by atoms with E-state index in [1.807, 2.05) is 36.5 Å². The summed E-state index contributed by atoms with van der Waals surface area (Å²) in [6.45, 7) is 6.30. The van der Waals surface area contributed by atoms with E-state index in [9.17, 15) is 14.4 Å². The van der Waals surface area contributed by atoms with Gasteiger partial charge in [-0.15, -0.1) is 0 Å². The molecular formula is C57H90O6. The molecule has 0 aliphatic rings. The van der Waals surface area contributed by atoms with Crippen molar-refractivity contribution >= 4 is 17.9 Å². The molecular weight excluding hydrogens is 781 g/mol. The lowest BCUT2D eigenvalue weighted by Crippen LogP contribution is -2.30. The van der Waals surface area contributed by atoms with Gasteiger partial charge in [0.2, 0.25) is 0 Å². The van der Waals surface area contributed by atoms with E-state index >= 15 is 0 Å². The first-order chi connectivity index (χ1) is 31.0. The van der Waals surface area contributed by atoms with Gasteiger partial charge in [-0.2, -0.15) is 0 Å². The van der Waals surface area contributed by atoms with Crippen molar-refractivity contribution in [2.24, 2.45) is 0 Å². The SMILES string of the molecule is CC/C=C\C/C=C\C/C=C\CCCCCCCCC(=O)OC(COC(=O)CCCCC/C=C\C=C/CCCC)COC(=O)CCCCCCC\C=C/C=C\C=C/C=C\C=C/CCC. The molecule has 1 unspecified atom stereocenters. The molecule has 0 radical (unpaired) electrons. The Morgan fingerprint density at radius 2 is 0.714 bits per heavy atom. The topological polar surface area (TPSA) is 78.9 Å². The van der Waals surface area contributed by atoms with Crippen molar-refractivity contribution in [2.75, 3.05) is 13.2 Å². The highest BCUT2D eigenvalue weighted by molar-refractivity contribution is 5.71. The van der Waals surface area contributed by atoms with Crippen molar-refractivity contribution in [3.63, 3.8) is 0 Å². The van der Waals surface area contributed by atoms with Crippen LogP contribution in [0.25, 0.3) is 0 Å². The standard InChI is InChI=1S/C57H90O6/c1-4-7-10-13-16-19-22-24-26-28-29-31-32-35-38-41-44-47-50-56(59)62-53-54(52-61-55(58)49-46-43-40-37-34-21-18-15-12-9-6-3)63-57(60)51-48-45-42-39-36-33-30-27-25-23-20-17-14-11-8-5-2/h8,10-11,13,15-22,24-29,31,34,54H,4-7,9,12,14,23,30,32-33,35-53H2,1-3H3/b11-8-,13-10-,18-15-,19-16-,20-17-,24-22-,27-25-,28-26-,31-29-,34-21-. The Morgan fingerprint density at radius 1 is 0.349 bits per heavy atom. The van der Waals surface area contributed by atoms with Gasteiger partial charge in [0.15, 0.2) is 6.10 Å². The Hall–Kier alpha value is -4.19. The van der Waals surface area contributed by atoms with E-state index in [-0.39, 0.29) is 31.1 Å². The lowest BCUT2D eigenvalue weighted by atomic mass is 10.1. The number of carbonyl (C=O) groups excluding carboxylic acids is 3. The maximum atomic E-state index is 12.8. The molecule has 0 spiro atoms. The van der Waals surface area contributed by atoms with Crippen LogP contribution in [0.5, 0.6) is 0 Å². The first-order valence-corrected chi connectivity index (χ1v) is 25.1. The van der Waals surface area contributed by atoms with Crippen molar-refractivity contribution < 1.29 is 28.6 Å². The second-order valence-corrected chi connectivity index (χ2v) is 16.1. The summed E-state index contributed by atoms with van der Waals surface area (Å²) in [7, 11) is 0. The minimum Gasteiger partial charge on any atom is -0.462 e. The van der Waals surface area contributed by atoms with Gasteiger partial charge in [-0.1, -0.05) is 213 Å². The van der Waals surface area contributed by atoms with Gasteiger partial charge < -0.3 is 14.2 Å². The third-order valence-electron chi connectivity index (χ3n) is 10.1. The Bertz CT molecular complexity index is 1370. The van der Waals surface area contributed by atoms with Gasteiger partial charge >= 0.3 is 17.9 Å². The number of rotatable bonds is 43. The van der Waals surface area contributed by atoms with Crippen LogP contribution in [0.1, 0.15) is 201 Å². The van der Waals surface area contributed by atoms with Crippen LogP contribution >= 0.6 is 0 Å². The molecule has 0 amide bonds. The first kappa shape index (κ1) is 58.8. The van der Waals surface area contributed by atoms with Crippen molar-refractivity contribution in [1.29, 1.82) is 0 Å². The molecule has 0 aromatic heterocycles. The summed E-state index contributed by atoms with van der Waals surface area (Å²) in [5.41, 5.74) is 0. The van der Waals surface area contributed by atoms with Crippen LogP contribution in [-0.4, -0.2) is 37.2 Å². The zero-order valence-corrected chi connectivity index (χ0v) is 40.3. The van der Waals surface area contributed by atoms with Crippen LogP contribution in [0, 0.1) is 0 Å². The van der Waals surface area contributed by atoms with Crippen molar-refractivity contribution in [3.8, 4) is 0 Å².